The van der Waals surface area contributed by atoms with E-state index in [4.69, 9.17) is 5.26 Å². The first kappa shape index (κ1) is 12.0. The summed E-state index contributed by atoms with van der Waals surface area (Å²) in [5, 5.41) is 8.61. The van der Waals surface area contributed by atoms with Crippen LogP contribution in [0.1, 0.15) is 18.1 Å². The molecule has 1 aromatic rings. The van der Waals surface area contributed by atoms with Gasteiger partial charge in [-0.15, -0.1) is 0 Å². The Morgan fingerprint density at radius 3 is 2.38 bits per heavy atom. The first-order valence-electron chi connectivity index (χ1n) is 5.18. The lowest BCUT2D eigenvalue weighted by Crippen LogP contribution is -1.81. The predicted molar refractivity (Wildman–Crippen MR) is 68.7 cm³/mol. The molecule has 0 aromatic heterocycles. The standard InChI is InChI=1S/C15H15N/c1-4-14(8-7-13(3)11-16)15-9-5-12(2)6-10-15/h4-10H,3H2,1-2H3. The van der Waals surface area contributed by atoms with E-state index in [-0.39, 0.29) is 0 Å². The van der Waals surface area contributed by atoms with Gasteiger partial charge in [0.05, 0.1) is 6.07 Å². The second kappa shape index (κ2) is 5.72. The molecule has 80 valence electrons. The Hall–Kier alpha value is -2.07. The average molecular weight is 209 g/mol. The summed E-state index contributed by atoms with van der Waals surface area (Å²) in [6.45, 7) is 7.65. The zero-order valence-electron chi connectivity index (χ0n) is 9.70. The van der Waals surface area contributed by atoms with Crippen LogP contribution in [0.25, 0.3) is 5.57 Å². The summed E-state index contributed by atoms with van der Waals surface area (Å²) in [7, 11) is 0. The van der Waals surface area contributed by atoms with Crippen LogP contribution in [0.15, 0.2) is 54.6 Å². The van der Waals surface area contributed by atoms with Gasteiger partial charge >= 0.3 is 0 Å². The van der Waals surface area contributed by atoms with E-state index in [1.54, 1.807) is 6.08 Å². The molecule has 0 fully saturated rings. The van der Waals surface area contributed by atoms with Gasteiger partial charge < -0.3 is 0 Å². The van der Waals surface area contributed by atoms with E-state index in [0.29, 0.717) is 5.57 Å². The maximum Gasteiger partial charge on any atom is 0.0985 e. The van der Waals surface area contributed by atoms with Crippen molar-refractivity contribution < 1.29 is 0 Å². The van der Waals surface area contributed by atoms with Crippen LogP contribution in [0.5, 0.6) is 0 Å². The molecule has 1 rings (SSSR count). The molecule has 0 saturated heterocycles. The number of hydrogen-bond acceptors (Lipinski definition) is 1. The highest BCUT2D eigenvalue weighted by molar-refractivity contribution is 5.74. The van der Waals surface area contributed by atoms with Crippen molar-refractivity contribution in [2.75, 3.05) is 0 Å². The van der Waals surface area contributed by atoms with E-state index in [9.17, 15) is 0 Å². The van der Waals surface area contributed by atoms with E-state index < -0.39 is 0 Å². The lowest BCUT2D eigenvalue weighted by molar-refractivity contribution is 1.45. The highest BCUT2D eigenvalue weighted by Gasteiger charge is 1.96. The molecule has 0 amide bonds. The highest BCUT2D eigenvalue weighted by atomic mass is 14.2. The number of nitrogens with zero attached hydrogens (tertiary/aromatic N) is 1. The van der Waals surface area contributed by atoms with Crippen molar-refractivity contribution in [2.24, 2.45) is 0 Å². The van der Waals surface area contributed by atoms with Gasteiger partial charge in [0.2, 0.25) is 0 Å². The van der Waals surface area contributed by atoms with Gasteiger partial charge in [-0.25, -0.2) is 0 Å². The molecule has 0 heterocycles. The molecule has 1 aromatic carbocycles. The Kier molecular flexibility index (Phi) is 4.29. The minimum absolute atomic E-state index is 0.464. The summed E-state index contributed by atoms with van der Waals surface area (Å²) in [6.07, 6.45) is 5.66. The van der Waals surface area contributed by atoms with Gasteiger partial charge in [0.1, 0.15) is 0 Å². The van der Waals surface area contributed by atoms with Crippen molar-refractivity contribution in [3.63, 3.8) is 0 Å². The maximum absolute atomic E-state index is 8.61. The third-order valence-electron chi connectivity index (χ3n) is 2.30. The van der Waals surface area contributed by atoms with Crippen molar-refractivity contribution in [2.45, 2.75) is 13.8 Å². The maximum atomic E-state index is 8.61. The van der Waals surface area contributed by atoms with Crippen LogP contribution in [-0.2, 0) is 0 Å². The average Bonchev–Trinajstić information content (AvgIpc) is 2.31. The molecule has 0 atom stereocenters. The number of allylic oxidation sites excluding steroid dienone is 5. The SMILES string of the molecule is C=C(C#N)C=CC(=CC)c1ccc(C)cc1. The summed E-state index contributed by atoms with van der Waals surface area (Å²) in [5.74, 6) is 0. The summed E-state index contributed by atoms with van der Waals surface area (Å²) in [6, 6.07) is 10.3. The minimum Gasteiger partial charge on any atom is -0.192 e. The Labute approximate surface area is 97.0 Å². The number of aryl methyl sites for hydroxylation is 1. The third-order valence-corrected chi connectivity index (χ3v) is 2.30. The van der Waals surface area contributed by atoms with Crippen LogP contribution in [-0.4, -0.2) is 0 Å². The molecule has 0 radical (unpaired) electrons. The second-order valence-electron chi connectivity index (χ2n) is 3.58. The predicted octanol–water partition coefficient (Wildman–Crippen LogP) is 4.03. The first-order chi connectivity index (χ1) is 7.67. The fraction of sp³-hybridized carbons (Fsp3) is 0.133. The largest absolute Gasteiger partial charge is 0.192 e. The molecule has 0 unspecified atom stereocenters. The summed E-state index contributed by atoms with van der Waals surface area (Å²) < 4.78 is 0. The van der Waals surface area contributed by atoms with E-state index in [1.165, 1.54) is 5.56 Å². The van der Waals surface area contributed by atoms with E-state index in [2.05, 4.69) is 37.8 Å². The zero-order chi connectivity index (χ0) is 12.0. The molecule has 1 heteroatoms. The molecule has 0 aliphatic rings. The molecular formula is C15H15N. The quantitative estimate of drug-likeness (QED) is 0.544. The molecular weight excluding hydrogens is 194 g/mol. The van der Waals surface area contributed by atoms with Gasteiger partial charge in [-0.1, -0.05) is 48.6 Å². The summed E-state index contributed by atoms with van der Waals surface area (Å²) in [4.78, 5) is 0. The van der Waals surface area contributed by atoms with E-state index in [1.807, 2.05) is 25.1 Å². The topological polar surface area (TPSA) is 23.8 Å². The van der Waals surface area contributed by atoms with Gasteiger partial charge in [0.15, 0.2) is 0 Å². The van der Waals surface area contributed by atoms with Crippen molar-refractivity contribution in [3.05, 3.63) is 65.8 Å². The lowest BCUT2D eigenvalue weighted by atomic mass is 10.0. The molecule has 0 N–H and O–H groups in total. The number of hydrogen-bond donors (Lipinski definition) is 0. The van der Waals surface area contributed by atoms with Gasteiger partial charge in [0, 0.05) is 5.57 Å². The Bertz CT molecular complexity index is 467. The van der Waals surface area contributed by atoms with E-state index in [0.717, 1.165) is 11.1 Å². The fourth-order valence-corrected chi connectivity index (χ4v) is 1.33. The van der Waals surface area contributed by atoms with Gasteiger partial charge in [-0.2, -0.15) is 5.26 Å². The summed E-state index contributed by atoms with van der Waals surface area (Å²) in [5.41, 5.74) is 3.95. The normalized spacial score (nSPS) is 11.4. The number of nitriles is 1. The van der Waals surface area contributed by atoms with Crippen LogP contribution >= 0.6 is 0 Å². The van der Waals surface area contributed by atoms with Crippen LogP contribution in [0.3, 0.4) is 0 Å². The highest BCUT2D eigenvalue weighted by Crippen LogP contribution is 2.17. The van der Waals surface area contributed by atoms with Gasteiger partial charge in [-0.05, 0) is 31.1 Å². The van der Waals surface area contributed by atoms with Crippen molar-refractivity contribution in [3.8, 4) is 6.07 Å². The zero-order valence-corrected chi connectivity index (χ0v) is 9.70. The van der Waals surface area contributed by atoms with Crippen LogP contribution in [0, 0.1) is 18.3 Å². The molecule has 1 nitrogen and oxygen atoms in total. The Balaban J connectivity index is 2.93. The fourth-order valence-electron chi connectivity index (χ4n) is 1.33. The molecule has 0 bridgehead atoms. The molecule has 0 saturated carbocycles. The monoisotopic (exact) mass is 209 g/mol. The lowest BCUT2D eigenvalue weighted by Gasteiger charge is -2.02. The van der Waals surface area contributed by atoms with Gasteiger partial charge in [-0.3, -0.25) is 0 Å². The van der Waals surface area contributed by atoms with Crippen LogP contribution in [0.2, 0.25) is 0 Å². The van der Waals surface area contributed by atoms with Crippen molar-refractivity contribution >= 4 is 5.57 Å². The third kappa shape index (κ3) is 3.25. The van der Waals surface area contributed by atoms with Crippen LogP contribution < -0.4 is 0 Å². The minimum atomic E-state index is 0.464. The van der Waals surface area contributed by atoms with Crippen molar-refractivity contribution in [1.29, 1.82) is 5.26 Å². The number of benzene rings is 1. The van der Waals surface area contributed by atoms with Crippen molar-refractivity contribution in [1.82, 2.24) is 0 Å². The smallest absolute Gasteiger partial charge is 0.0985 e. The first-order valence-corrected chi connectivity index (χ1v) is 5.18. The van der Waals surface area contributed by atoms with E-state index >= 15 is 0 Å². The summed E-state index contributed by atoms with van der Waals surface area (Å²) >= 11 is 0. The molecule has 0 aliphatic heterocycles. The van der Waals surface area contributed by atoms with Gasteiger partial charge in [0.25, 0.3) is 0 Å². The Morgan fingerprint density at radius 2 is 1.88 bits per heavy atom. The molecule has 0 spiro atoms. The second-order valence-corrected chi connectivity index (χ2v) is 3.58. The number of rotatable bonds is 3. The Morgan fingerprint density at radius 1 is 1.25 bits per heavy atom. The van der Waals surface area contributed by atoms with Crippen LogP contribution in [0.4, 0.5) is 0 Å². The molecule has 16 heavy (non-hydrogen) atoms. The molecule has 0 aliphatic carbocycles.